The van der Waals surface area contributed by atoms with Gasteiger partial charge in [0.1, 0.15) is 146 Å². The van der Waals surface area contributed by atoms with E-state index in [2.05, 4.69) is 0 Å². The quantitative estimate of drug-likeness (QED) is 0.0606. The molecule has 6 fully saturated rings. The number of hydrogen-bond donors (Lipinski definition) is 18. The molecule has 0 spiro atoms. The van der Waals surface area contributed by atoms with Gasteiger partial charge in [-0.3, -0.25) is 0 Å². The molecule has 0 radical (unpaired) electrons. The van der Waals surface area contributed by atoms with Gasteiger partial charge >= 0.3 is 0 Å². The Hall–Kier alpha value is -1.24. The largest absolute Gasteiger partial charge is 0.394 e. The number of aliphatic hydroxyl groups excluding tert-OH is 18. The maximum Gasteiger partial charge on any atom is 0.187 e. The summed E-state index contributed by atoms with van der Waals surface area (Å²) in [6, 6.07) is 0. The third kappa shape index (κ3) is 11.8. The average molecular weight is 1020 g/mol. The number of aliphatic hydroxyl groups is 18. The summed E-state index contributed by atoms with van der Waals surface area (Å²) in [7, 11) is 2.33. The highest BCUT2D eigenvalue weighted by Crippen LogP contribution is 2.36. The zero-order chi connectivity index (χ0) is 50.8. The Bertz CT molecular complexity index is 1530. The minimum atomic E-state index is -2.22. The molecular formula is C38H66O31. The first kappa shape index (κ1) is 57.0. The lowest BCUT2D eigenvalue weighted by atomic mass is 9.95. The van der Waals surface area contributed by atoms with Crippen molar-refractivity contribution in [3.8, 4) is 0 Å². The van der Waals surface area contributed by atoms with Gasteiger partial charge < -0.3 is 153 Å². The molecule has 0 amide bonds. The van der Waals surface area contributed by atoms with Crippen LogP contribution in [0.3, 0.4) is 0 Å². The summed E-state index contributed by atoms with van der Waals surface area (Å²) in [5.41, 5.74) is 0. The van der Waals surface area contributed by atoms with Gasteiger partial charge in [-0.05, 0) is 0 Å². The van der Waals surface area contributed by atoms with Gasteiger partial charge in [0.25, 0.3) is 0 Å². The van der Waals surface area contributed by atoms with Crippen molar-refractivity contribution in [1.82, 2.24) is 0 Å². The Labute approximate surface area is 391 Å². The minimum absolute atomic E-state index is 0.700. The topological polar surface area (TPSA) is 484 Å². The second-order valence-corrected chi connectivity index (χ2v) is 17.2. The molecule has 18 N–H and O–H groups in total. The van der Waals surface area contributed by atoms with Crippen molar-refractivity contribution in [2.45, 2.75) is 184 Å². The fraction of sp³-hybridized carbons (Fsp3) is 1.00. The lowest BCUT2D eigenvalue weighted by molar-refractivity contribution is -0.395. The minimum Gasteiger partial charge on any atom is -0.394 e. The van der Waals surface area contributed by atoms with Crippen LogP contribution in [0.1, 0.15) is 0 Å². The van der Waals surface area contributed by atoms with Gasteiger partial charge in [-0.25, -0.2) is 0 Å². The Kier molecular flexibility index (Phi) is 20.6. The smallest absolute Gasteiger partial charge is 0.187 e. The molecule has 31 heteroatoms. The maximum absolute atomic E-state index is 11.5. The SMILES string of the molecule is CO[C@@H]1OC(CO)[C@@H](O[C@H]2O[C@@H](CO[C@H]3O[C@@H](CO)[C@H](O)C(O)C3O)[C@@H](O[C@@H]3OC(CO)[C@@H](O[C@H]4O[C@@H](CO)[C@@H](O[C@@H]5OC(CO)[C@@H](OC)[C@@H](O)C5O)C(O)C4O)[C@@H](O)C3O)C(O)C2O)[C@@H](O)C1O. The van der Waals surface area contributed by atoms with Crippen molar-refractivity contribution in [2.24, 2.45) is 0 Å². The molecule has 6 heterocycles. The molecule has 0 aromatic carbocycles. The van der Waals surface area contributed by atoms with E-state index in [-0.39, 0.29) is 0 Å². The van der Waals surface area contributed by atoms with Gasteiger partial charge in [0.2, 0.25) is 0 Å². The summed E-state index contributed by atoms with van der Waals surface area (Å²) in [5, 5.41) is 192. The first-order chi connectivity index (χ1) is 32.8. The third-order valence-corrected chi connectivity index (χ3v) is 12.9. The van der Waals surface area contributed by atoms with E-state index in [4.69, 9.17) is 61.6 Å². The first-order valence-corrected chi connectivity index (χ1v) is 21.9. The van der Waals surface area contributed by atoms with Crippen molar-refractivity contribution < 1.29 is 153 Å². The molecule has 6 rings (SSSR count). The highest BCUT2D eigenvalue weighted by Gasteiger charge is 2.57. The van der Waals surface area contributed by atoms with E-state index in [1.165, 1.54) is 7.11 Å². The summed E-state index contributed by atoms with van der Waals surface area (Å²) in [6.45, 7) is -5.23. The van der Waals surface area contributed by atoms with Crippen molar-refractivity contribution in [2.75, 3.05) is 53.9 Å². The van der Waals surface area contributed by atoms with E-state index in [9.17, 15) is 91.9 Å². The van der Waals surface area contributed by atoms with E-state index < -0.39 is 224 Å². The Morgan fingerprint density at radius 3 is 0.899 bits per heavy atom. The number of hydrogen-bond acceptors (Lipinski definition) is 31. The van der Waals surface area contributed by atoms with Crippen LogP contribution < -0.4 is 0 Å². The van der Waals surface area contributed by atoms with E-state index in [0.29, 0.717) is 0 Å². The third-order valence-electron chi connectivity index (χ3n) is 12.9. The second-order valence-electron chi connectivity index (χ2n) is 17.2. The van der Waals surface area contributed by atoms with Crippen LogP contribution in [0.15, 0.2) is 0 Å². The van der Waals surface area contributed by atoms with Crippen LogP contribution in [-0.2, 0) is 61.6 Å². The number of methoxy groups -OCH3 is 2. The van der Waals surface area contributed by atoms with Crippen molar-refractivity contribution in [3.63, 3.8) is 0 Å². The van der Waals surface area contributed by atoms with Crippen LogP contribution in [0.25, 0.3) is 0 Å². The van der Waals surface area contributed by atoms with Gasteiger partial charge in [0.05, 0.1) is 39.6 Å². The molecule has 30 atom stereocenters. The van der Waals surface area contributed by atoms with Crippen LogP contribution in [0.4, 0.5) is 0 Å². The monoisotopic (exact) mass is 1020 g/mol. The predicted molar refractivity (Wildman–Crippen MR) is 209 cm³/mol. The van der Waals surface area contributed by atoms with E-state index in [0.717, 1.165) is 7.11 Å². The van der Waals surface area contributed by atoms with Crippen molar-refractivity contribution in [3.05, 3.63) is 0 Å². The fourth-order valence-electron chi connectivity index (χ4n) is 8.87. The number of ether oxygens (including phenoxy) is 13. The Morgan fingerprint density at radius 2 is 0.551 bits per heavy atom. The highest BCUT2D eigenvalue weighted by atomic mass is 16.8. The molecule has 6 aliphatic heterocycles. The van der Waals surface area contributed by atoms with Crippen LogP contribution in [0, 0.1) is 0 Å². The molecule has 31 nitrogen and oxygen atoms in total. The standard InChI is InChI=1S/C38H66O31/c1-57-28-10(4-40)62-35(24(53)17(28)46)66-30-12(6-42)63-36(25(54)19(30)48)67-31-13(7-43)64-37(26(55)20(31)49)69-32-14(8-59-34-22(51)16(45)15(44)9(3-39)60-34)65-38(27(56)21(32)50)68-29-11(5-41)61-33(58-2)23(52)18(29)47/h9-56H,3-8H2,1-2H3/t9-,10?,11?,12-,13?,14-,15-,16?,17-,18-,19?,20-,21?,22?,23?,24?,25?,26?,27?,28+,29+,30+,31+,32+,33+,34-,35-,36+,37-,38+/m0/s1. The van der Waals surface area contributed by atoms with E-state index in [1.54, 1.807) is 0 Å². The molecular weight excluding hydrogens is 952 g/mol. The molecule has 0 aromatic heterocycles. The molecule has 0 aromatic rings. The van der Waals surface area contributed by atoms with Crippen LogP contribution >= 0.6 is 0 Å². The van der Waals surface area contributed by atoms with E-state index in [1.807, 2.05) is 0 Å². The highest BCUT2D eigenvalue weighted by molar-refractivity contribution is 4.99. The Balaban J connectivity index is 1.17. The lowest BCUT2D eigenvalue weighted by Crippen LogP contribution is -2.68. The average Bonchev–Trinajstić information content (AvgIpc) is 3.34. The molecule has 12 unspecified atom stereocenters. The summed E-state index contributed by atoms with van der Waals surface area (Å²) in [4.78, 5) is 0. The zero-order valence-corrected chi connectivity index (χ0v) is 36.9. The number of rotatable bonds is 18. The van der Waals surface area contributed by atoms with Crippen LogP contribution in [0.2, 0.25) is 0 Å². The first-order valence-electron chi connectivity index (χ1n) is 21.9. The molecule has 69 heavy (non-hydrogen) atoms. The predicted octanol–water partition coefficient (Wildman–Crippen LogP) is -12.8. The molecule has 0 saturated carbocycles. The van der Waals surface area contributed by atoms with Crippen molar-refractivity contribution in [1.29, 1.82) is 0 Å². The van der Waals surface area contributed by atoms with Gasteiger partial charge in [-0.2, -0.15) is 0 Å². The summed E-state index contributed by atoms with van der Waals surface area (Å²) >= 11 is 0. The Morgan fingerprint density at radius 1 is 0.275 bits per heavy atom. The summed E-state index contributed by atoms with van der Waals surface area (Å²) < 4.78 is 72.2. The lowest BCUT2D eigenvalue weighted by Gasteiger charge is -2.50. The molecule has 6 aliphatic rings. The summed E-state index contributed by atoms with van der Waals surface area (Å²) in [6.07, 6.45) is -54.3. The van der Waals surface area contributed by atoms with Crippen molar-refractivity contribution >= 4 is 0 Å². The molecule has 0 aliphatic carbocycles. The summed E-state index contributed by atoms with van der Waals surface area (Å²) in [5.74, 6) is 0. The maximum atomic E-state index is 11.5. The molecule has 0 bridgehead atoms. The second kappa shape index (κ2) is 24.9. The van der Waals surface area contributed by atoms with Crippen LogP contribution in [0.5, 0.6) is 0 Å². The van der Waals surface area contributed by atoms with Gasteiger partial charge in [0, 0.05) is 14.2 Å². The van der Waals surface area contributed by atoms with Crippen LogP contribution in [-0.4, -0.2) is 330 Å². The van der Waals surface area contributed by atoms with Gasteiger partial charge in [-0.1, -0.05) is 0 Å². The molecule has 6 saturated heterocycles. The zero-order valence-electron chi connectivity index (χ0n) is 36.9. The van der Waals surface area contributed by atoms with Gasteiger partial charge in [-0.15, -0.1) is 0 Å². The fourth-order valence-corrected chi connectivity index (χ4v) is 8.87. The van der Waals surface area contributed by atoms with Gasteiger partial charge in [0.15, 0.2) is 37.7 Å². The molecule has 404 valence electrons. The normalized spacial score (nSPS) is 52.2. The van der Waals surface area contributed by atoms with E-state index >= 15 is 0 Å².